The summed E-state index contributed by atoms with van der Waals surface area (Å²) in [6.07, 6.45) is 0. The number of oxime groups is 1. The van der Waals surface area contributed by atoms with Gasteiger partial charge in [-0.3, -0.25) is 14.5 Å². The number of aliphatic carboxylic acids is 1. The second kappa shape index (κ2) is 13.2. The van der Waals surface area contributed by atoms with E-state index < -0.39 is 53.1 Å². The number of thioether (sulfide) groups is 2. The van der Waals surface area contributed by atoms with Crippen LogP contribution >= 0.6 is 35.1 Å². The molecule has 4 N–H and O–H groups in total. The van der Waals surface area contributed by atoms with E-state index in [1.165, 1.54) is 28.2 Å². The first-order valence-corrected chi connectivity index (χ1v) is 15.9. The highest BCUT2D eigenvalue weighted by molar-refractivity contribution is 8.01. The molecule has 1 saturated heterocycles. The second-order valence-corrected chi connectivity index (χ2v) is 13.2. The number of nitrogens with two attached hydrogens (primary N) is 1. The lowest BCUT2D eigenvalue weighted by Gasteiger charge is -2.49. The number of ether oxygens (including phenoxy) is 1. The van der Waals surface area contributed by atoms with E-state index in [1.54, 1.807) is 20.8 Å². The summed E-state index contributed by atoms with van der Waals surface area (Å²) in [7, 11) is 0. The Labute approximate surface area is 267 Å². The van der Waals surface area contributed by atoms with Crippen molar-refractivity contribution >= 4 is 69.7 Å². The molecule has 45 heavy (non-hydrogen) atoms. The number of hydrogen-bond acceptors (Lipinski definition) is 16. The number of tetrazole rings is 1. The summed E-state index contributed by atoms with van der Waals surface area (Å²) in [6, 6.07) is 8.13. The highest BCUT2D eigenvalue weighted by Crippen LogP contribution is 2.41. The Bertz CT molecular complexity index is 1690. The maximum atomic E-state index is 13.3. The van der Waals surface area contributed by atoms with Gasteiger partial charge >= 0.3 is 11.9 Å². The molecule has 0 bridgehead atoms. The highest BCUT2D eigenvalue weighted by Gasteiger charge is 2.54. The molecule has 2 aliphatic heterocycles. The number of hydrogen-bond donors (Lipinski definition) is 3. The van der Waals surface area contributed by atoms with E-state index in [4.69, 9.17) is 15.3 Å². The Morgan fingerprint density at radius 1 is 1.24 bits per heavy atom. The van der Waals surface area contributed by atoms with Crippen molar-refractivity contribution in [3.63, 3.8) is 0 Å². The smallest absolute Gasteiger partial charge is 0.352 e. The molecule has 0 spiro atoms. The van der Waals surface area contributed by atoms with Gasteiger partial charge in [0.1, 0.15) is 22.7 Å². The van der Waals surface area contributed by atoms with Crippen molar-refractivity contribution in [3.8, 4) is 5.69 Å². The number of carbonyl (C=O) groups excluding carboxylic acids is 3. The normalized spacial score (nSPS) is 18.2. The number of carboxylic acid groups (broad SMARTS) is 1. The number of β-lactam (4-membered cyclic amide) rings is 1. The third-order valence-corrected chi connectivity index (χ3v) is 8.87. The van der Waals surface area contributed by atoms with Crippen molar-refractivity contribution in [2.75, 3.05) is 23.8 Å². The highest BCUT2D eigenvalue weighted by atomic mass is 32.2. The third-order valence-electron chi connectivity index (χ3n) is 5.98. The van der Waals surface area contributed by atoms with Gasteiger partial charge in [-0.15, -0.1) is 16.9 Å². The molecule has 1 aromatic carbocycles. The largest absolute Gasteiger partial charge is 0.477 e. The van der Waals surface area contributed by atoms with Crippen molar-refractivity contribution in [2.45, 2.75) is 42.9 Å². The van der Waals surface area contributed by atoms with Crippen LogP contribution < -0.4 is 11.1 Å². The number of rotatable bonds is 11. The van der Waals surface area contributed by atoms with Gasteiger partial charge in [0.25, 0.3) is 11.8 Å². The lowest BCUT2D eigenvalue weighted by molar-refractivity contribution is -0.160. The summed E-state index contributed by atoms with van der Waals surface area (Å²) >= 11 is 3.32. The van der Waals surface area contributed by atoms with Gasteiger partial charge in [0.05, 0.1) is 5.69 Å². The van der Waals surface area contributed by atoms with Gasteiger partial charge in [0, 0.05) is 23.0 Å². The Kier molecular flexibility index (Phi) is 9.34. The molecule has 17 nitrogen and oxygen atoms in total. The minimum absolute atomic E-state index is 0.0470. The van der Waals surface area contributed by atoms with Gasteiger partial charge < -0.3 is 25.7 Å². The predicted octanol–water partition coefficient (Wildman–Crippen LogP) is 0.689. The number of benzene rings is 1. The van der Waals surface area contributed by atoms with Crippen molar-refractivity contribution in [3.05, 3.63) is 47.4 Å². The molecule has 1 fully saturated rings. The molecule has 2 aliphatic rings. The molecular weight excluding hydrogens is 649 g/mol. The van der Waals surface area contributed by atoms with E-state index >= 15 is 0 Å². The van der Waals surface area contributed by atoms with Crippen molar-refractivity contribution in [1.29, 1.82) is 0 Å². The standard InChI is InChI=1S/C25H26N10O7S3/c1-25(2,3)42-14(36)9-41-30-15(18-28-23(26)45-31-18)19(37)27-16-20(38)34-17(22(39)40)12(10-43-21(16)34)11-44-24-29-32-33-35(24)13-7-5-4-6-8-13/h4-8,16,21H,9-11H2,1-3H3,(H,27,37)(H,39,40)(H2,26,28,31)/t16?,21-/m1/s1. The van der Waals surface area contributed by atoms with Crippen LogP contribution in [0.2, 0.25) is 0 Å². The van der Waals surface area contributed by atoms with Crippen molar-refractivity contribution in [2.24, 2.45) is 5.16 Å². The van der Waals surface area contributed by atoms with Gasteiger partial charge in [-0.25, -0.2) is 9.59 Å². The third kappa shape index (κ3) is 7.23. The van der Waals surface area contributed by atoms with Crippen LogP contribution in [0.15, 0.2) is 51.9 Å². The lowest BCUT2D eigenvalue weighted by atomic mass is 10.0. The molecule has 3 aromatic rings. The molecular formula is C25H26N10O7S3. The van der Waals surface area contributed by atoms with Crippen LogP contribution in [0, 0.1) is 0 Å². The van der Waals surface area contributed by atoms with E-state index in [2.05, 4.69) is 35.4 Å². The first-order chi connectivity index (χ1) is 21.4. The predicted molar refractivity (Wildman–Crippen MR) is 162 cm³/mol. The summed E-state index contributed by atoms with van der Waals surface area (Å²) in [4.78, 5) is 61.0. The Hall–Kier alpha value is -4.56. The summed E-state index contributed by atoms with van der Waals surface area (Å²) in [6.45, 7) is 4.44. The first-order valence-electron chi connectivity index (χ1n) is 13.1. The Balaban J connectivity index is 1.28. The minimum Gasteiger partial charge on any atom is -0.477 e. The SMILES string of the molecule is CC(C)(C)OC(=O)CON=C(C(=O)NC1C(=O)N2C(C(=O)O)=C(CSc3nnnn3-c3ccccc3)CS[C@H]12)c1nsc(N)n1. The summed E-state index contributed by atoms with van der Waals surface area (Å²) in [5, 5.41) is 27.9. The molecule has 1 unspecified atom stereocenters. The minimum atomic E-state index is -1.28. The fourth-order valence-corrected chi connectivity index (χ4v) is 7.00. The average molecular weight is 675 g/mol. The molecule has 236 valence electrons. The number of carboxylic acids is 1. The fraction of sp³-hybridized carbons (Fsp3) is 0.360. The summed E-state index contributed by atoms with van der Waals surface area (Å²) in [5.41, 5.74) is 5.54. The lowest BCUT2D eigenvalue weighted by Crippen LogP contribution is -2.71. The second-order valence-electron chi connectivity index (χ2n) is 10.4. The number of para-hydroxylation sites is 1. The van der Waals surface area contributed by atoms with Crippen LogP contribution in [0.5, 0.6) is 0 Å². The fourth-order valence-electron chi connectivity index (χ4n) is 4.19. The maximum absolute atomic E-state index is 13.3. The zero-order valence-electron chi connectivity index (χ0n) is 23.9. The van der Waals surface area contributed by atoms with Crippen LogP contribution in [0.25, 0.3) is 5.69 Å². The quantitative estimate of drug-likeness (QED) is 0.0835. The van der Waals surface area contributed by atoms with Crippen LogP contribution in [0.4, 0.5) is 5.13 Å². The van der Waals surface area contributed by atoms with E-state index in [0.717, 1.165) is 22.1 Å². The Morgan fingerprint density at radius 3 is 2.67 bits per heavy atom. The number of anilines is 1. The molecule has 4 heterocycles. The number of nitrogens with zero attached hydrogens (tertiary/aromatic N) is 8. The van der Waals surface area contributed by atoms with Gasteiger partial charge in [-0.05, 0) is 48.9 Å². The molecule has 20 heteroatoms. The summed E-state index contributed by atoms with van der Waals surface area (Å²) in [5.74, 6) is -3.22. The number of fused-ring (bicyclic) bond motifs is 1. The first kappa shape index (κ1) is 31.9. The molecule has 0 radical (unpaired) electrons. The summed E-state index contributed by atoms with van der Waals surface area (Å²) < 4.78 is 10.7. The van der Waals surface area contributed by atoms with Gasteiger partial charge in [-0.2, -0.15) is 14.0 Å². The topological polar surface area (TPSA) is 230 Å². The van der Waals surface area contributed by atoms with Crippen LogP contribution in [0.3, 0.4) is 0 Å². The van der Waals surface area contributed by atoms with Gasteiger partial charge in [0.15, 0.2) is 5.13 Å². The van der Waals surface area contributed by atoms with Crippen LogP contribution in [-0.2, 0) is 28.8 Å². The molecule has 0 aliphatic carbocycles. The van der Waals surface area contributed by atoms with Crippen molar-refractivity contribution < 1.29 is 33.9 Å². The molecule has 2 aromatic heterocycles. The molecule has 5 rings (SSSR count). The van der Waals surface area contributed by atoms with Gasteiger partial charge in [0.2, 0.25) is 23.3 Å². The zero-order chi connectivity index (χ0) is 32.3. The number of esters is 1. The zero-order valence-corrected chi connectivity index (χ0v) is 26.4. The molecule has 2 amide bonds. The molecule has 0 saturated carbocycles. The number of aromatic nitrogens is 6. The number of carbonyl (C=O) groups is 4. The Morgan fingerprint density at radius 2 is 2.00 bits per heavy atom. The number of nitrogens with one attached hydrogen (secondary N) is 1. The average Bonchev–Trinajstić information content (AvgIpc) is 3.64. The van der Waals surface area contributed by atoms with Gasteiger partial charge in [-0.1, -0.05) is 35.1 Å². The van der Waals surface area contributed by atoms with Crippen LogP contribution in [-0.4, -0.2) is 104 Å². The van der Waals surface area contributed by atoms with E-state index in [9.17, 15) is 24.3 Å². The van der Waals surface area contributed by atoms with E-state index in [1.807, 2.05) is 30.3 Å². The van der Waals surface area contributed by atoms with Crippen LogP contribution in [0.1, 0.15) is 26.6 Å². The molecule has 2 atom stereocenters. The van der Waals surface area contributed by atoms with E-state index in [0.29, 0.717) is 10.7 Å². The maximum Gasteiger partial charge on any atom is 0.352 e. The van der Waals surface area contributed by atoms with E-state index in [-0.39, 0.29) is 28.2 Å². The number of amides is 2. The number of nitrogen functional groups attached to an aromatic ring is 1. The monoisotopic (exact) mass is 674 g/mol. The van der Waals surface area contributed by atoms with Crippen molar-refractivity contribution in [1.82, 2.24) is 39.8 Å².